The average molecular weight is 341 g/mol. The van der Waals surface area contributed by atoms with E-state index in [2.05, 4.69) is 12.2 Å². The second kappa shape index (κ2) is 8.11. The van der Waals surface area contributed by atoms with Crippen LogP contribution in [0.5, 0.6) is 0 Å². The number of amides is 1. The highest BCUT2D eigenvalue weighted by atomic mass is 35.5. The van der Waals surface area contributed by atoms with Crippen LogP contribution in [-0.4, -0.2) is 37.0 Å². The van der Waals surface area contributed by atoms with E-state index in [4.69, 9.17) is 0 Å². The first kappa shape index (κ1) is 18.2. The van der Waals surface area contributed by atoms with Gasteiger partial charge < -0.3 is 10.2 Å². The summed E-state index contributed by atoms with van der Waals surface area (Å²) in [5, 5.41) is 3.34. The highest BCUT2D eigenvalue weighted by Crippen LogP contribution is 2.28. The van der Waals surface area contributed by atoms with Crippen molar-refractivity contribution in [1.82, 2.24) is 10.2 Å². The number of nitrogens with zero attached hydrogens (tertiary/aromatic N) is 1. The molecular formula is C18H26ClFN2O. The number of rotatable bonds is 2. The lowest BCUT2D eigenvalue weighted by Gasteiger charge is -2.31. The molecule has 5 heteroatoms. The monoisotopic (exact) mass is 340 g/mol. The van der Waals surface area contributed by atoms with Crippen LogP contribution in [0.15, 0.2) is 18.2 Å². The van der Waals surface area contributed by atoms with E-state index in [9.17, 15) is 9.18 Å². The predicted molar refractivity (Wildman–Crippen MR) is 92.8 cm³/mol. The molecule has 128 valence electrons. The summed E-state index contributed by atoms with van der Waals surface area (Å²) in [6.45, 7) is 5.64. The van der Waals surface area contributed by atoms with Crippen LogP contribution in [0, 0.1) is 11.7 Å². The van der Waals surface area contributed by atoms with Crippen molar-refractivity contribution in [2.75, 3.05) is 26.2 Å². The van der Waals surface area contributed by atoms with Crippen LogP contribution < -0.4 is 5.32 Å². The van der Waals surface area contributed by atoms with E-state index in [1.54, 1.807) is 6.07 Å². The second-order valence-corrected chi connectivity index (χ2v) is 6.76. The Balaban J connectivity index is 0.00000192. The largest absolute Gasteiger partial charge is 0.338 e. The SMILES string of the molecule is CC1CCCN(C(=O)c2cc(C3CCNCC3)ccc2F)C1.Cl. The number of benzene rings is 1. The minimum absolute atomic E-state index is 0. The van der Waals surface area contributed by atoms with Gasteiger partial charge in [-0.3, -0.25) is 4.79 Å². The third kappa shape index (κ3) is 4.24. The third-order valence-electron chi connectivity index (χ3n) is 4.98. The lowest BCUT2D eigenvalue weighted by Crippen LogP contribution is -2.39. The molecule has 2 heterocycles. The maximum Gasteiger partial charge on any atom is 0.256 e. The molecular weight excluding hydrogens is 315 g/mol. The van der Waals surface area contributed by atoms with Gasteiger partial charge in [-0.25, -0.2) is 4.39 Å². The van der Waals surface area contributed by atoms with E-state index < -0.39 is 0 Å². The Bertz CT molecular complexity index is 546. The van der Waals surface area contributed by atoms with Gasteiger partial charge in [-0.05, 0) is 68.3 Å². The summed E-state index contributed by atoms with van der Waals surface area (Å²) in [5.74, 6) is 0.419. The summed E-state index contributed by atoms with van der Waals surface area (Å²) in [7, 11) is 0. The molecule has 0 spiro atoms. The van der Waals surface area contributed by atoms with Gasteiger partial charge in [-0.2, -0.15) is 0 Å². The number of likely N-dealkylation sites (tertiary alicyclic amines) is 1. The van der Waals surface area contributed by atoms with E-state index in [0.29, 0.717) is 11.8 Å². The Morgan fingerprint density at radius 3 is 2.70 bits per heavy atom. The van der Waals surface area contributed by atoms with Gasteiger partial charge in [0, 0.05) is 13.1 Å². The normalized spacial score (nSPS) is 22.5. The van der Waals surface area contributed by atoms with Crippen molar-refractivity contribution in [2.24, 2.45) is 5.92 Å². The molecule has 0 bridgehead atoms. The molecule has 0 saturated carbocycles. The summed E-state index contributed by atoms with van der Waals surface area (Å²) < 4.78 is 14.2. The zero-order valence-electron chi connectivity index (χ0n) is 13.7. The number of carbonyl (C=O) groups is 1. The molecule has 1 aromatic rings. The molecule has 2 aliphatic heterocycles. The fourth-order valence-electron chi connectivity index (χ4n) is 3.66. The first-order chi connectivity index (χ1) is 10.6. The molecule has 2 fully saturated rings. The zero-order chi connectivity index (χ0) is 15.5. The summed E-state index contributed by atoms with van der Waals surface area (Å²) in [6, 6.07) is 5.12. The number of halogens is 2. The molecule has 1 amide bonds. The van der Waals surface area contributed by atoms with Gasteiger partial charge >= 0.3 is 0 Å². The Labute approximate surface area is 144 Å². The van der Waals surface area contributed by atoms with Gasteiger partial charge in [0.05, 0.1) is 5.56 Å². The molecule has 1 aromatic carbocycles. The molecule has 23 heavy (non-hydrogen) atoms. The molecule has 3 rings (SSSR count). The van der Waals surface area contributed by atoms with Crippen LogP contribution >= 0.6 is 12.4 Å². The van der Waals surface area contributed by atoms with Crippen LogP contribution in [0.4, 0.5) is 4.39 Å². The maximum atomic E-state index is 14.2. The Morgan fingerprint density at radius 1 is 1.26 bits per heavy atom. The summed E-state index contributed by atoms with van der Waals surface area (Å²) >= 11 is 0. The predicted octanol–water partition coefficient (Wildman–Crippen LogP) is 3.59. The van der Waals surface area contributed by atoms with Gasteiger partial charge in [-0.1, -0.05) is 13.0 Å². The Kier molecular flexibility index (Phi) is 6.42. The van der Waals surface area contributed by atoms with Gasteiger partial charge in [0.15, 0.2) is 0 Å². The maximum absolute atomic E-state index is 14.2. The van der Waals surface area contributed by atoms with Crippen LogP contribution in [-0.2, 0) is 0 Å². The van der Waals surface area contributed by atoms with Crippen LogP contribution in [0.2, 0.25) is 0 Å². The number of carbonyl (C=O) groups excluding carboxylic acids is 1. The van der Waals surface area contributed by atoms with Crippen molar-refractivity contribution in [3.8, 4) is 0 Å². The van der Waals surface area contributed by atoms with Crippen molar-refractivity contribution < 1.29 is 9.18 Å². The summed E-state index contributed by atoms with van der Waals surface area (Å²) in [4.78, 5) is 14.5. The molecule has 1 N–H and O–H groups in total. The molecule has 3 nitrogen and oxygen atoms in total. The van der Waals surface area contributed by atoms with E-state index in [1.165, 1.54) is 6.07 Å². The molecule has 2 saturated heterocycles. The van der Waals surface area contributed by atoms with Crippen LogP contribution in [0.1, 0.15) is 54.4 Å². The van der Waals surface area contributed by atoms with E-state index in [-0.39, 0.29) is 29.7 Å². The van der Waals surface area contributed by atoms with Crippen molar-refractivity contribution in [2.45, 2.75) is 38.5 Å². The molecule has 2 aliphatic rings. The van der Waals surface area contributed by atoms with Crippen molar-refractivity contribution >= 4 is 18.3 Å². The smallest absolute Gasteiger partial charge is 0.256 e. The Morgan fingerprint density at radius 2 is 2.00 bits per heavy atom. The molecule has 1 unspecified atom stereocenters. The molecule has 1 atom stereocenters. The molecule has 0 aliphatic carbocycles. The standard InChI is InChI=1S/C18H25FN2O.ClH/c1-13-3-2-10-21(12-13)18(22)16-11-15(4-5-17(16)19)14-6-8-20-9-7-14;/h4-5,11,13-14,20H,2-3,6-10,12H2,1H3;1H. The van der Waals surface area contributed by atoms with Gasteiger partial charge in [0.25, 0.3) is 5.91 Å². The highest BCUT2D eigenvalue weighted by molar-refractivity contribution is 5.94. The average Bonchev–Trinajstić information content (AvgIpc) is 2.55. The number of hydrogen-bond donors (Lipinski definition) is 1. The summed E-state index contributed by atoms with van der Waals surface area (Å²) in [5.41, 5.74) is 1.36. The molecule has 0 radical (unpaired) electrons. The number of hydrogen-bond acceptors (Lipinski definition) is 2. The first-order valence-electron chi connectivity index (χ1n) is 8.44. The molecule has 0 aromatic heterocycles. The van der Waals surface area contributed by atoms with Crippen LogP contribution in [0.25, 0.3) is 0 Å². The van der Waals surface area contributed by atoms with Gasteiger partial charge in [0.2, 0.25) is 0 Å². The Hall–Kier alpha value is -1.13. The fourth-order valence-corrected chi connectivity index (χ4v) is 3.66. The number of piperidine rings is 2. The highest BCUT2D eigenvalue weighted by Gasteiger charge is 2.25. The quantitative estimate of drug-likeness (QED) is 0.892. The minimum Gasteiger partial charge on any atom is -0.338 e. The van der Waals surface area contributed by atoms with Crippen molar-refractivity contribution in [1.29, 1.82) is 0 Å². The van der Waals surface area contributed by atoms with Crippen molar-refractivity contribution in [3.05, 3.63) is 35.1 Å². The van der Waals surface area contributed by atoms with Gasteiger partial charge in [-0.15, -0.1) is 12.4 Å². The lowest BCUT2D eigenvalue weighted by molar-refractivity contribution is 0.0678. The van der Waals surface area contributed by atoms with Crippen LogP contribution in [0.3, 0.4) is 0 Å². The first-order valence-corrected chi connectivity index (χ1v) is 8.44. The van der Waals surface area contributed by atoms with E-state index in [1.807, 2.05) is 11.0 Å². The zero-order valence-corrected chi connectivity index (χ0v) is 14.5. The minimum atomic E-state index is -0.388. The topological polar surface area (TPSA) is 32.3 Å². The number of nitrogens with one attached hydrogen (secondary N) is 1. The second-order valence-electron chi connectivity index (χ2n) is 6.76. The van der Waals surface area contributed by atoms with Crippen molar-refractivity contribution in [3.63, 3.8) is 0 Å². The van der Waals surface area contributed by atoms with E-state index in [0.717, 1.165) is 57.4 Å². The van der Waals surface area contributed by atoms with Gasteiger partial charge in [0.1, 0.15) is 5.82 Å². The fraction of sp³-hybridized carbons (Fsp3) is 0.611. The summed E-state index contributed by atoms with van der Waals surface area (Å²) in [6.07, 6.45) is 4.28. The lowest BCUT2D eigenvalue weighted by atomic mass is 9.89. The third-order valence-corrected chi connectivity index (χ3v) is 4.98. The van der Waals surface area contributed by atoms with E-state index >= 15 is 0 Å².